The normalized spacial score (nSPS) is 17.8. The smallest absolute Gasteiger partial charge is 0.257 e. The van der Waals surface area contributed by atoms with Gasteiger partial charge in [0.15, 0.2) is 0 Å². The van der Waals surface area contributed by atoms with Crippen LogP contribution < -0.4 is 16.2 Å². The highest BCUT2D eigenvalue weighted by atomic mass is 16.1. The predicted octanol–water partition coefficient (Wildman–Crippen LogP) is 2.15. The number of piperidine rings is 1. The van der Waals surface area contributed by atoms with E-state index >= 15 is 0 Å². The average molecular weight is 321 g/mol. The second-order valence-corrected chi connectivity index (χ2v) is 6.05. The van der Waals surface area contributed by atoms with Crippen molar-refractivity contribution in [2.24, 2.45) is 0 Å². The number of anilines is 1. The number of rotatable bonds is 3. The minimum atomic E-state index is -0.141. The SMILES string of the molecule is O=c1[nH]c2ncnc(NC3CCCNC3)c2cc1-c1ccccc1. The van der Waals surface area contributed by atoms with Crippen molar-refractivity contribution >= 4 is 16.9 Å². The van der Waals surface area contributed by atoms with Crippen LogP contribution in [0.15, 0.2) is 47.5 Å². The molecule has 1 unspecified atom stereocenters. The van der Waals surface area contributed by atoms with Crippen LogP contribution in [0.25, 0.3) is 22.2 Å². The standard InChI is InChI=1S/C18H19N5O/c24-18-14(12-5-2-1-3-6-12)9-15-16(20-11-21-17(15)23-18)22-13-7-4-8-19-10-13/h1-3,5-6,9,11,13,19H,4,7-8,10H2,(H2,20,21,22,23,24). The summed E-state index contributed by atoms with van der Waals surface area (Å²) in [6.45, 7) is 1.98. The summed E-state index contributed by atoms with van der Waals surface area (Å²) in [4.78, 5) is 23.9. The van der Waals surface area contributed by atoms with Gasteiger partial charge in [0, 0.05) is 18.2 Å². The summed E-state index contributed by atoms with van der Waals surface area (Å²) in [7, 11) is 0. The number of nitrogens with one attached hydrogen (secondary N) is 3. The molecule has 1 aromatic carbocycles. The number of aromatic nitrogens is 3. The van der Waals surface area contributed by atoms with Gasteiger partial charge in [-0.1, -0.05) is 30.3 Å². The lowest BCUT2D eigenvalue weighted by molar-refractivity contribution is 0.479. The summed E-state index contributed by atoms with van der Waals surface area (Å²) in [5.74, 6) is 0.766. The molecule has 1 aliphatic heterocycles. The Balaban J connectivity index is 1.79. The fourth-order valence-electron chi connectivity index (χ4n) is 3.13. The van der Waals surface area contributed by atoms with E-state index in [1.165, 1.54) is 6.33 Å². The van der Waals surface area contributed by atoms with Crippen LogP contribution in [0, 0.1) is 0 Å². The van der Waals surface area contributed by atoms with Gasteiger partial charge in [0.25, 0.3) is 5.56 Å². The van der Waals surface area contributed by atoms with E-state index in [1.54, 1.807) is 0 Å². The minimum absolute atomic E-state index is 0.141. The highest BCUT2D eigenvalue weighted by Crippen LogP contribution is 2.23. The van der Waals surface area contributed by atoms with Gasteiger partial charge >= 0.3 is 0 Å². The van der Waals surface area contributed by atoms with E-state index in [9.17, 15) is 4.79 Å². The molecular weight excluding hydrogens is 302 g/mol. The van der Waals surface area contributed by atoms with Gasteiger partial charge < -0.3 is 15.6 Å². The third kappa shape index (κ3) is 2.88. The summed E-state index contributed by atoms with van der Waals surface area (Å²) in [5, 5.41) is 7.71. The van der Waals surface area contributed by atoms with Crippen molar-refractivity contribution in [1.82, 2.24) is 20.3 Å². The Morgan fingerprint density at radius 2 is 2.04 bits per heavy atom. The minimum Gasteiger partial charge on any atom is -0.365 e. The van der Waals surface area contributed by atoms with E-state index in [0.29, 0.717) is 17.3 Å². The van der Waals surface area contributed by atoms with Crippen LogP contribution in [0.3, 0.4) is 0 Å². The highest BCUT2D eigenvalue weighted by Gasteiger charge is 2.16. The van der Waals surface area contributed by atoms with Gasteiger partial charge in [-0.05, 0) is 31.0 Å². The lowest BCUT2D eigenvalue weighted by atomic mass is 10.1. The molecule has 1 fully saturated rings. The molecule has 0 spiro atoms. The first-order valence-corrected chi connectivity index (χ1v) is 8.22. The van der Waals surface area contributed by atoms with Crippen LogP contribution in [0.1, 0.15) is 12.8 Å². The first kappa shape index (κ1) is 14.8. The molecule has 0 radical (unpaired) electrons. The Bertz CT molecular complexity index is 900. The number of fused-ring (bicyclic) bond motifs is 1. The van der Waals surface area contributed by atoms with Crippen molar-refractivity contribution in [2.75, 3.05) is 18.4 Å². The molecule has 2 aromatic heterocycles. The van der Waals surface area contributed by atoms with Crippen molar-refractivity contribution in [3.8, 4) is 11.1 Å². The van der Waals surface area contributed by atoms with E-state index < -0.39 is 0 Å². The summed E-state index contributed by atoms with van der Waals surface area (Å²) >= 11 is 0. The lowest BCUT2D eigenvalue weighted by Crippen LogP contribution is -2.38. The van der Waals surface area contributed by atoms with E-state index in [1.807, 2.05) is 36.4 Å². The number of nitrogens with zero attached hydrogens (tertiary/aromatic N) is 2. The highest BCUT2D eigenvalue weighted by molar-refractivity contribution is 5.89. The van der Waals surface area contributed by atoms with Gasteiger partial charge in [0.1, 0.15) is 17.8 Å². The maximum Gasteiger partial charge on any atom is 0.257 e. The van der Waals surface area contributed by atoms with Crippen molar-refractivity contribution in [2.45, 2.75) is 18.9 Å². The number of hydrogen-bond donors (Lipinski definition) is 3. The monoisotopic (exact) mass is 321 g/mol. The molecule has 3 heterocycles. The van der Waals surface area contributed by atoms with Gasteiger partial charge in [-0.25, -0.2) is 9.97 Å². The zero-order chi connectivity index (χ0) is 16.4. The van der Waals surface area contributed by atoms with Crippen molar-refractivity contribution in [3.05, 3.63) is 53.1 Å². The fraction of sp³-hybridized carbons (Fsp3) is 0.278. The number of pyridine rings is 1. The second-order valence-electron chi connectivity index (χ2n) is 6.05. The number of aromatic amines is 1. The zero-order valence-corrected chi connectivity index (χ0v) is 13.2. The third-order valence-corrected chi connectivity index (χ3v) is 4.37. The van der Waals surface area contributed by atoms with E-state index in [-0.39, 0.29) is 5.56 Å². The van der Waals surface area contributed by atoms with Crippen LogP contribution in [0.5, 0.6) is 0 Å². The Kier molecular flexibility index (Phi) is 3.96. The molecule has 0 saturated carbocycles. The van der Waals surface area contributed by atoms with E-state index in [2.05, 4.69) is 25.6 Å². The molecule has 6 heteroatoms. The maximum atomic E-state index is 12.4. The van der Waals surface area contributed by atoms with Gasteiger partial charge in [-0.3, -0.25) is 4.79 Å². The molecule has 0 aliphatic carbocycles. The lowest BCUT2D eigenvalue weighted by Gasteiger charge is -2.24. The molecule has 6 nitrogen and oxygen atoms in total. The zero-order valence-electron chi connectivity index (χ0n) is 13.2. The Hall–Kier alpha value is -2.73. The van der Waals surface area contributed by atoms with E-state index in [0.717, 1.165) is 42.7 Å². The Morgan fingerprint density at radius 3 is 2.83 bits per heavy atom. The summed E-state index contributed by atoms with van der Waals surface area (Å²) in [6.07, 6.45) is 3.74. The maximum absolute atomic E-state index is 12.4. The second kappa shape index (κ2) is 6.41. The average Bonchev–Trinajstić information content (AvgIpc) is 2.63. The molecule has 1 atom stereocenters. The van der Waals surface area contributed by atoms with Crippen LogP contribution in [0.2, 0.25) is 0 Å². The molecule has 1 saturated heterocycles. The molecule has 1 aliphatic rings. The van der Waals surface area contributed by atoms with Crippen LogP contribution in [-0.2, 0) is 0 Å². The number of H-pyrrole nitrogens is 1. The molecule has 0 amide bonds. The van der Waals surface area contributed by atoms with Crippen LogP contribution in [-0.4, -0.2) is 34.1 Å². The Labute approximate surface area is 139 Å². The predicted molar refractivity (Wildman–Crippen MR) is 95.1 cm³/mol. The molecular formula is C18H19N5O. The fourth-order valence-corrected chi connectivity index (χ4v) is 3.13. The summed E-state index contributed by atoms with van der Waals surface area (Å²) in [5.41, 5.74) is 1.93. The molecule has 4 rings (SSSR count). The molecule has 0 bridgehead atoms. The first-order chi connectivity index (χ1) is 11.8. The summed E-state index contributed by atoms with van der Waals surface area (Å²) < 4.78 is 0. The van der Waals surface area contributed by atoms with E-state index in [4.69, 9.17) is 0 Å². The van der Waals surface area contributed by atoms with Crippen molar-refractivity contribution in [3.63, 3.8) is 0 Å². The largest absolute Gasteiger partial charge is 0.365 e. The van der Waals surface area contributed by atoms with Crippen molar-refractivity contribution < 1.29 is 0 Å². The molecule has 3 aromatic rings. The first-order valence-electron chi connectivity index (χ1n) is 8.22. The van der Waals surface area contributed by atoms with Gasteiger partial charge in [-0.2, -0.15) is 0 Å². The Morgan fingerprint density at radius 1 is 1.17 bits per heavy atom. The topological polar surface area (TPSA) is 82.7 Å². The van der Waals surface area contributed by atoms with Crippen LogP contribution in [0.4, 0.5) is 5.82 Å². The quantitative estimate of drug-likeness (QED) is 0.688. The summed E-state index contributed by atoms with van der Waals surface area (Å²) in [6, 6.07) is 11.9. The number of hydrogen-bond acceptors (Lipinski definition) is 5. The molecule has 24 heavy (non-hydrogen) atoms. The third-order valence-electron chi connectivity index (χ3n) is 4.37. The van der Waals surface area contributed by atoms with Gasteiger partial charge in [0.05, 0.1) is 5.39 Å². The van der Waals surface area contributed by atoms with Crippen molar-refractivity contribution in [1.29, 1.82) is 0 Å². The molecule has 3 N–H and O–H groups in total. The number of benzene rings is 1. The van der Waals surface area contributed by atoms with Gasteiger partial charge in [0.2, 0.25) is 0 Å². The molecule has 122 valence electrons. The van der Waals surface area contributed by atoms with Crippen LogP contribution >= 0.6 is 0 Å². The van der Waals surface area contributed by atoms with Gasteiger partial charge in [-0.15, -0.1) is 0 Å².